The molecule has 0 aliphatic rings. The monoisotopic (exact) mass is 268 g/mol. The second-order valence-corrected chi connectivity index (χ2v) is 5.11. The van der Waals surface area contributed by atoms with Crippen LogP contribution in [0.5, 0.6) is 0 Å². The maximum absolute atomic E-state index is 6.22. The van der Waals surface area contributed by atoms with Gasteiger partial charge in [-0.2, -0.15) is 0 Å². The Morgan fingerprint density at radius 2 is 1.94 bits per heavy atom. The van der Waals surface area contributed by atoms with E-state index in [9.17, 15) is 0 Å². The smallest absolute Gasteiger partial charge is 0.0453 e. The highest BCUT2D eigenvalue weighted by Crippen LogP contribution is 2.23. The Morgan fingerprint density at radius 1 is 1.22 bits per heavy atom. The van der Waals surface area contributed by atoms with Gasteiger partial charge in [-0.15, -0.1) is 0 Å². The van der Waals surface area contributed by atoms with Crippen molar-refractivity contribution in [1.29, 1.82) is 0 Å². The molecule has 0 saturated heterocycles. The van der Waals surface area contributed by atoms with Gasteiger partial charge in [0.05, 0.1) is 0 Å². The van der Waals surface area contributed by atoms with E-state index in [0.717, 1.165) is 30.1 Å². The van der Waals surface area contributed by atoms with E-state index in [0.29, 0.717) is 0 Å². The molecular weight excluding hydrogens is 244 g/mol. The second-order valence-electron chi connectivity index (χ2n) is 4.70. The highest BCUT2D eigenvalue weighted by molar-refractivity contribution is 6.31. The first-order valence-electron chi connectivity index (χ1n) is 6.91. The molecule has 3 heteroatoms. The SMILES string of the molecule is CCCCN(CC)CCC(N)c1ccccc1Cl. The van der Waals surface area contributed by atoms with Crippen molar-refractivity contribution in [3.8, 4) is 0 Å². The minimum atomic E-state index is 0.0365. The lowest BCUT2D eigenvalue weighted by atomic mass is 10.0. The van der Waals surface area contributed by atoms with Crippen molar-refractivity contribution in [2.45, 2.75) is 39.2 Å². The van der Waals surface area contributed by atoms with Crippen molar-refractivity contribution in [3.05, 3.63) is 34.9 Å². The number of hydrogen-bond acceptors (Lipinski definition) is 2. The zero-order valence-electron chi connectivity index (χ0n) is 11.5. The molecule has 1 rings (SSSR count). The largest absolute Gasteiger partial charge is 0.324 e. The Kier molecular flexibility index (Phi) is 7.33. The van der Waals surface area contributed by atoms with E-state index in [1.54, 1.807) is 0 Å². The van der Waals surface area contributed by atoms with E-state index >= 15 is 0 Å². The highest BCUT2D eigenvalue weighted by atomic mass is 35.5. The third-order valence-electron chi connectivity index (χ3n) is 3.34. The van der Waals surface area contributed by atoms with Gasteiger partial charge >= 0.3 is 0 Å². The van der Waals surface area contributed by atoms with Crippen LogP contribution in [0, 0.1) is 0 Å². The summed E-state index contributed by atoms with van der Waals surface area (Å²) in [6.45, 7) is 7.74. The molecule has 0 aromatic heterocycles. The lowest BCUT2D eigenvalue weighted by Gasteiger charge is -2.22. The summed E-state index contributed by atoms with van der Waals surface area (Å²) in [5.41, 5.74) is 7.28. The van der Waals surface area contributed by atoms with Gasteiger partial charge in [0, 0.05) is 11.1 Å². The molecule has 0 saturated carbocycles. The predicted octanol–water partition coefficient (Wildman–Crippen LogP) is 3.85. The molecule has 0 bridgehead atoms. The van der Waals surface area contributed by atoms with Crippen molar-refractivity contribution in [2.75, 3.05) is 19.6 Å². The standard InChI is InChI=1S/C15H25ClN2/c1-3-5-11-18(4-2)12-10-15(17)13-8-6-7-9-14(13)16/h6-9,15H,3-5,10-12,17H2,1-2H3. The van der Waals surface area contributed by atoms with E-state index in [2.05, 4.69) is 18.7 Å². The summed E-state index contributed by atoms with van der Waals surface area (Å²) in [5.74, 6) is 0. The average Bonchev–Trinajstić information content (AvgIpc) is 2.39. The van der Waals surface area contributed by atoms with Gasteiger partial charge in [-0.1, -0.05) is 50.1 Å². The fourth-order valence-electron chi connectivity index (χ4n) is 2.06. The van der Waals surface area contributed by atoms with Crippen LogP contribution < -0.4 is 5.73 Å². The fourth-order valence-corrected chi connectivity index (χ4v) is 2.34. The molecule has 0 heterocycles. The predicted molar refractivity (Wildman–Crippen MR) is 80.0 cm³/mol. The molecule has 0 spiro atoms. The van der Waals surface area contributed by atoms with E-state index in [-0.39, 0.29) is 6.04 Å². The Labute approximate surface area is 116 Å². The first-order chi connectivity index (χ1) is 8.69. The van der Waals surface area contributed by atoms with Crippen LogP contribution in [-0.2, 0) is 0 Å². The third-order valence-corrected chi connectivity index (χ3v) is 3.68. The Balaban J connectivity index is 2.44. The van der Waals surface area contributed by atoms with Gasteiger partial charge < -0.3 is 10.6 Å². The van der Waals surface area contributed by atoms with Crippen molar-refractivity contribution < 1.29 is 0 Å². The first kappa shape index (κ1) is 15.5. The van der Waals surface area contributed by atoms with Crippen molar-refractivity contribution >= 4 is 11.6 Å². The molecule has 0 aliphatic heterocycles. The molecular formula is C15H25ClN2. The molecule has 1 aromatic carbocycles. The summed E-state index contributed by atoms with van der Waals surface area (Å²) in [5, 5.41) is 0.779. The fraction of sp³-hybridized carbons (Fsp3) is 0.600. The molecule has 2 N–H and O–H groups in total. The second kappa shape index (κ2) is 8.52. The number of nitrogens with zero attached hydrogens (tertiary/aromatic N) is 1. The van der Waals surface area contributed by atoms with Gasteiger partial charge in [0.1, 0.15) is 0 Å². The number of nitrogens with two attached hydrogens (primary N) is 1. The summed E-state index contributed by atoms with van der Waals surface area (Å²) < 4.78 is 0. The van der Waals surface area contributed by atoms with Gasteiger partial charge in [-0.25, -0.2) is 0 Å². The zero-order valence-corrected chi connectivity index (χ0v) is 12.3. The summed E-state index contributed by atoms with van der Waals surface area (Å²) >= 11 is 6.16. The normalized spacial score (nSPS) is 12.9. The van der Waals surface area contributed by atoms with Gasteiger partial charge in [-0.3, -0.25) is 0 Å². The van der Waals surface area contributed by atoms with Gasteiger partial charge in [-0.05, 0) is 44.1 Å². The number of hydrogen-bond donors (Lipinski definition) is 1. The molecule has 0 fully saturated rings. The number of halogens is 1. The van der Waals surface area contributed by atoms with Crippen LogP contribution in [0.2, 0.25) is 5.02 Å². The van der Waals surface area contributed by atoms with Crippen LogP contribution in [0.4, 0.5) is 0 Å². The number of rotatable bonds is 8. The number of benzene rings is 1. The van der Waals surface area contributed by atoms with Gasteiger partial charge in [0.15, 0.2) is 0 Å². The molecule has 1 aromatic rings. The molecule has 2 nitrogen and oxygen atoms in total. The minimum Gasteiger partial charge on any atom is -0.324 e. The lowest BCUT2D eigenvalue weighted by molar-refractivity contribution is 0.272. The lowest BCUT2D eigenvalue weighted by Crippen LogP contribution is -2.28. The Bertz CT molecular complexity index is 341. The maximum atomic E-state index is 6.22. The Morgan fingerprint density at radius 3 is 2.56 bits per heavy atom. The van der Waals surface area contributed by atoms with Crippen LogP contribution in [0.25, 0.3) is 0 Å². The molecule has 18 heavy (non-hydrogen) atoms. The van der Waals surface area contributed by atoms with E-state index in [4.69, 9.17) is 17.3 Å². The van der Waals surface area contributed by atoms with E-state index < -0.39 is 0 Å². The molecule has 102 valence electrons. The van der Waals surface area contributed by atoms with Crippen molar-refractivity contribution in [2.24, 2.45) is 5.73 Å². The average molecular weight is 269 g/mol. The van der Waals surface area contributed by atoms with Gasteiger partial charge in [0.2, 0.25) is 0 Å². The Hall–Kier alpha value is -0.570. The van der Waals surface area contributed by atoms with E-state index in [1.807, 2.05) is 24.3 Å². The summed E-state index contributed by atoms with van der Waals surface area (Å²) in [4.78, 5) is 2.46. The van der Waals surface area contributed by atoms with Crippen LogP contribution >= 0.6 is 11.6 Å². The quantitative estimate of drug-likeness (QED) is 0.776. The summed E-state index contributed by atoms with van der Waals surface area (Å²) in [7, 11) is 0. The highest BCUT2D eigenvalue weighted by Gasteiger charge is 2.11. The molecule has 0 radical (unpaired) electrons. The van der Waals surface area contributed by atoms with E-state index in [1.165, 1.54) is 19.4 Å². The first-order valence-corrected chi connectivity index (χ1v) is 7.29. The van der Waals surface area contributed by atoms with Crippen molar-refractivity contribution in [3.63, 3.8) is 0 Å². The van der Waals surface area contributed by atoms with Crippen molar-refractivity contribution in [1.82, 2.24) is 4.90 Å². The minimum absolute atomic E-state index is 0.0365. The molecule has 0 aliphatic carbocycles. The van der Waals surface area contributed by atoms with Crippen LogP contribution in [0.3, 0.4) is 0 Å². The topological polar surface area (TPSA) is 29.3 Å². The van der Waals surface area contributed by atoms with Gasteiger partial charge in [0.25, 0.3) is 0 Å². The maximum Gasteiger partial charge on any atom is 0.0453 e. The zero-order chi connectivity index (χ0) is 13.4. The molecule has 0 amide bonds. The summed E-state index contributed by atoms with van der Waals surface area (Å²) in [6, 6.07) is 7.91. The summed E-state index contributed by atoms with van der Waals surface area (Å²) in [6.07, 6.45) is 3.46. The van der Waals surface area contributed by atoms with Crippen LogP contribution in [0.1, 0.15) is 44.7 Å². The molecule has 1 atom stereocenters. The molecule has 1 unspecified atom stereocenters. The third kappa shape index (κ3) is 4.97. The van der Waals surface area contributed by atoms with Crippen LogP contribution in [-0.4, -0.2) is 24.5 Å². The van der Waals surface area contributed by atoms with Crippen LogP contribution in [0.15, 0.2) is 24.3 Å². The number of unbranched alkanes of at least 4 members (excludes halogenated alkanes) is 1.